The molecule has 4 heteroatoms. The van der Waals surface area contributed by atoms with E-state index in [0.717, 1.165) is 15.7 Å². The van der Waals surface area contributed by atoms with Crippen LogP contribution in [0.2, 0.25) is 5.02 Å². The normalized spacial score (nSPS) is 10.4. The number of anilines is 1. The monoisotopic (exact) mass is 327 g/mol. The van der Waals surface area contributed by atoms with Crippen LogP contribution >= 0.6 is 27.5 Å². The third-order valence-electron chi connectivity index (χ3n) is 2.60. The highest BCUT2D eigenvalue weighted by Crippen LogP contribution is 2.24. The predicted molar refractivity (Wildman–Crippen MR) is 77.6 cm³/mol. The lowest BCUT2D eigenvalue weighted by molar-refractivity contribution is 0.612. The number of nitrogens with one attached hydrogen (secondary N) is 1. The predicted octanol–water partition coefficient (Wildman–Crippen LogP) is 5.16. The minimum absolute atomic E-state index is 0.228. The van der Waals surface area contributed by atoms with E-state index in [1.165, 1.54) is 6.07 Å². The van der Waals surface area contributed by atoms with Gasteiger partial charge in [0, 0.05) is 16.6 Å². The second kappa shape index (κ2) is 5.72. The Bertz CT molecular complexity index is 572. The van der Waals surface area contributed by atoms with Gasteiger partial charge in [0.05, 0.1) is 10.7 Å². The Morgan fingerprint density at radius 2 is 2.00 bits per heavy atom. The van der Waals surface area contributed by atoms with E-state index >= 15 is 0 Å². The summed E-state index contributed by atoms with van der Waals surface area (Å²) >= 11 is 9.43. The molecule has 0 atom stereocenters. The zero-order chi connectivity index (χ0) is 13.1. The number of halogens is 3. The van der Waals surface area contributed by atoms with Crippen LogP contribution in [0.3, 0.4) is 0 Å². The first-order valence-corrected chi connectivity index (χ1v) is 6.67. The Balaban J connectivity index is 2.13. The maximum Gasteiger partial charge on any atom is 0.128 e. The van der Waals surface area contributed by atoms with E-state index in [-0.39, 0.29) is 5.82 Å². The van der Waals surface area contributed by atoms with Gasteiger partial charge < -0.3 is 5.32 Å². The average molecular weight is 329 g/mol. The van der Waals surface area contributed by atoms with Crippen molar-refractivity contribution in [1.29, 1.82) is 0 Å². The Kier molecular flexibility index (Phi) is 4.25. The van der Waals surface area contributed by atoms with Gasteiger partial charge in [-0.3, -0.25) is 0 Å². The molecule has 0 amide bonds. The number of rotatable bonds is 3. The fourth-order valence-electron chi connectivity index (χ4n) is 1.63. The minimum atomic E-state index is -0.228. The van der Waals surface area contributed by atoms with Gasteiger partial charge in [-0.1, -0.05) is 33.6 Å². The van der Waals surface area contributed by atoms with Gasteiger partial charge in [-0.15, -0.1) is 0 Å². The summed E-state index contributed by atoms with van der Waals surface area (Å²) in [6.45, 7) is 2.37. The first kappa shape index (κ1) is 13.4. The van der Waals surface area contributed by atoms with Crippen LogP contribution in [0.4, 0.5) is 10.1 Å². The van der Waals surface area contributed by atoms with Crippen LogP contribution in [0.1, 0.15) is 11.1 Å². The molecule has 1 nitrogen and oxygen atoms in total. The quantitative estimate of drug-likeness (QED) is 0.820. The molecule has 94 valence electrons. The molecule has 0 saturated carbocycles. The second-order valence-electron chi connectivity index (χ2n) is 4.07. The summed E-state index contributed by atoms with van der Waals surface area (Å²) in [6.07, 6.45) is 0. The minimum Gasteiger partial charge on any atom is -0.380 e. The van der Waals surface area contributed by atoms with Crippen molar-refractivity contribution in [3.8, 4) is 0 Å². The Morgan fingerprint density at radius 3 is 2.72 bits per heavy atom. The molecule has 0 aromatic heterocycles. The molecule has 0 heterocycles. The fourth-order valence-corrected chi connectivity index (χ4v) is 2.34. The summed E-state index contributed by atoms with van der Waals surface area (Å²) in [4.78, 5) is 0. The van der Waals surface area contributed by atoms with Gasteiger partial charge in [-0.2, -0.15) is 0 Å². The summed E-state index contributed by atoms with van der Waals surface area (Å²) in [7, 11) is 0. The van der Waals surface area contributed by atoms with E-state index in [9.17, 15) is 4.39 Å². The van der Waals surface area contributed by atoms with Crippen molar-refractivity contribution in [2.24, 2.45) is 0 Å². The van der Waals surface area contributed by atoms with Crippen LogP contribution in [0.25, 0.3) is 0 Å². The van der Waals surface area contributed by atoms with Crippen LogP contribution < -0.4 is 5.32 Å². The van der Waals surface area contributed by atoms with E-state index in [0.29, 0.717) is 17.1 Å². The number of benzene rings is 2. The zero-order valence-electron chi connectivity index (χ0n) is 9.81. The van der Waals surface area contributed by atoms with E-state index in [1.54, 1.807) is 12.1 Å². The molecule has 2 aromatic carbocycles. The van der Waals surface area contributed by atoms with E-state index in [1.807, 2.05) is 25.1 Å². The van der Waals surface area contributed by atoms with E-state index in [4.69, 9.17) is 11.6 Å². The SMILES string of the molecule is Cc1ccc(NCc2cc(Br)ccc2F)c(Cl)c1. The van der Waals surface area contributed by atoms with Crippen molar-refractivity contribution in [3.63, 3.8) is 0 Å². The Labute approximate surface area is 119 Å². The molecule has 0 unspecified atom stereocenters. The zero-order valence-corrected chi connectivity index (χ0v) is 12.1. The highest BCUT2D eigenvalue weighted by molar-refractivity contribution is 9.10. The molecule has 0 aliphatic heterocycles. The van der Waals surface area contributed by atoms with Crippen molar-refractivity contribution in [2.45, 2.75) is 13.5 Å². The first-order chi connectivity index (χ1) is 8.56. The maximum atomic E-state index is 13.5. The van der Waals surface area contributed by atoms with Crippen LogP contribution in [0.15, 0.2) is 40.9 Å². The Hall–Kier alpha value is -1.06. The standard InChI is InChI=1S/C14H12BrClFN/c1-9-2-5-14(12(16)6-9)18-8-10-7-11(15)3-4-13(10)17/h2-7,18H,8H2,1H3. The highest BCUT2D eigenvalue weighted by atomic mass is 79.9. The maximum absolute atomic E-state index is 13.5. The molecule has 0 saturated heterocycles. The van der Waals surface area contributed by atoms with E-state index < -0.39 is 0 Å². The van der Waals surface area contributed by atoms with Crippen LogP contribution in [-0.2, 0) is 6.54 Å². The molecule has 0 radical (unpaired) electrons. The lowest BCUT2D eigenvalue weighted by atomic mass is 10.2. The molecule has 0 aliphatic carbocycles. The summed E-state index contributed by atoms with van der Waals surface area (Å²) in [5.41, 5.74) is 2.50. The third-order valence-corrected chi connectivity index (χ3v) is 3.41. The van der Waals surface area contributed by atoms with Gasteiger partial charge in [0.15, 0.2) is 0 Å². The average Bonchev–Trinajstić information content (AvgIpc) is 2.32. The summed E-state index contributed by atoms with van der Waals surface area (Å²) < 4.78 is 14.4. The molecule has 0 aliphatic rings. The van der Waals surface area contributed by atoms with Crippen LogP contribution in [0.5, 0.6) is 0 Å². The molecule has 2 aromatic rings. The van der Waals surface area contributed by atoms with Gasteiger partial charge in [0.1, 0.15) is 5.82 Å². The molecule has 18 heavy (non-hydrogen) atoms. The first-order valence-electron chi connectivity index (χ1n) is 5.50. The van der Waals surface area contributed by atoms with Crippen LogP contribution in [0, 0.1) is 12.7 Å². The topological polar surface area (TPSA) is 12.0 Å². The van der Waals surface area contributed by atoms with Gasteiger partial charge in [0.2, 0.25) is 0 Å². The number of hydrogen-bond acceptors (Lipinski definition) is 1. The fraction of sp³-hybridized carbons (Fsp3) is 0.143. The molecular weight excluding hydrogens is 317 g/mol. The molecular formula is C14H12BrClFN. The van der Waals surface area contributed by atoms with Gasteiger partial charge in [-0.25, -0.2) is 4.39 Å². The molecule has 0 spiro atoms. The van der Waals surface area contributed by atoms with Crippen molar-refractivity contribution in [1.82, 2.24) is 0 Å². The van der Waals surface area contributed by atoms with Crippen molar-refractivity contribution >= 4 is 33.2 Å². The van der Waals surface area contributed by atoms with Gasteiger partial charge in [-0.05, 0) is 42.8 Å². The van der Waals surface area contributed by atoms with Crippen molar-refractivity contribution in [3.05, 3.63) is 62.8 Å². The molecule has 2 rings (SSSR count). The lowest BCUT2D eigenvalue weighted by Gasteiger charge is -2.10. The summed E-state index contributed by atoms with van der Waals surface area (Å²) in [5, 5.41) is 3.78. The summed E-state index contributed by atoms with van der Waals surface area (Å²) in [6, 6.07) is 10.6. The number of aryl methyl sites for hydroxylation is 1. The molecule has 1 N–H and O–H groups in total. The van der Waals surface area contributed by atoms with E-state index in [2.05, 4.69) is 21.2 Å². The summed E-state index contributed by atoms with van der Waals surface area (Å²) in [5.74, 6) is -0.228. The lowest BCUT2D eigenvalue weighted by Crippen LogP contribution is -2.02. The third kappa shape index (κ3) is 3.24. The van der Waals surface area contributed by atoms with Gasteiger partial charge in [0.25, 0.3) is 0 Å². The molecule has 0 fully saturated rings. The smallest absolute Gasteiger partial charge is 0.128 e. The van der Waals surface area contributed by atoms with Gasteiger partial charge >= 0.3 is 0 Å². The highest BCUT2D eigenvalue weighted by Gasteiger charge is 2.04. The van der Waals surface area contributed by atoms with Crippen LogP contribution in [-0.4, -0.2) is 0 Å². The molecule has 0 bridgehead atoms. The largest absolute Gasteiger partial charge is 0.380 e. The van der Waals surface area contributed by atoms with Crippen molar-refractivity contribution in [2.75, 3.05) is 5.32 Å². The van der Waals surface area contributed by atoms with Crippen molar-refractivity contribution < 1.29 is 4.39 Å². The Morgan fingerprint density at radius 1 is 1.22 bits per heavy atom. The second-order valence-corrected chi connectivity index (χ2v) is 5.40. The number of hydrogen-bond donors (Lipinski definition) is 1.